The number of amides is 1. The lowest BCUT2D eigenvalue weighted by atomic mass is 10.2. The quantitative estimate of drug-likeness (QED) is 0.468. The van der Waals surface area contributed by atoms with Gasteiger partial charge in [0.15, 0.2) is 6.19 Å². The summed E-state index contributed by atoms with van der Waals surface area (Å²) in [6, 6.07) is 4.20. The predicted molar refractivity (Wildman–Crippen MR) is 111 cm³/mol. The van der Waals surface area contributed by atoms with E-state index in [0.29, 0.717) is 51.1 Å². The van der Waals surface area contributed by atoms with Crippen molar-refractivity contribution in [1.29, 1.82) is 5.26 Å². The monoisotopic (exact) mass is 429 g/mol. The summed E-state index contributed by atoms with van der Waals surface area (Å²) in [5, 5.41) is 14.7. The first-order valence-corrected chi connectivity index (χ1v) is 9.63. The molecule has 1 fully saturated rings. The van der Waals surface area contributed by atoms with Crippen molar-refractivity contribution in [3.8, 4) is 11.9 Å². The van der Waals surface area contributed by atoms with Crippen molar-refractivity contribution in [3.05, 3.63) is 40.8 Å². The summed E-state index contributed by atoms with van der Waals surface area (Å²) in [6.45, 7) is 2.82. The van der Waals surface area contributed by atoms with Gasteiger partial charge in [-0.2, -0.15) is 5.26 Å². The Morgan fingerprint density at radius 1 is 1.43 bits per heavy atom. The smallest absolute Gasteiger partial charge is 0.274 e. The van der Waals surface area contributed by atoms with Crippen molar-refractivity contribution < 1.29 is 18.7 Å². The maximum absolute atomic E-state index is 13.8. The molecule has 3 aromatic rings. The fraction of sp³-hybridized carbons (Fsp3) is 0.300. The highest BCUT2D eigenvalue weighted by atomic mass is 32.1. The fourth-order valence-electron chi connectivity index (χ4n) is 3.10. The number of carbonyl (C=O) groups is 1. The number of thiophene rings is 1. The first kappa shape index (κ1) is 21.4. The zero-order valence-corrected chi connectivity index (χ0v) is 16.2. The van der Waals surface area contributed by atoms with Crippen LogP contribution in [-0.4, -0.2) is 35.2 Å². The van der Waals surface area contributed by atoms with Crippen molar-refractivity contribution in [2.45, 2.75) is 26.9 Å². The topological polar surface area (TPSA) is 109 Å². The number of nitriles is 1. The van der Waals surface area contributed by atoms with Crippen LogP contribution in [0.1, 0.15) is 29.1 Å². The average molecular weight is 429 g/mol. The van der Waals surface area contributed by atoms with Crippen LogP contribution in [0.2, 0.25) is 0 Å². The third kappa shape index (κ3) is 4.17. The summed E-state index contributed by atoms with van der Waals surface area (Å²) in [4.78, 5) is 21.6. The third-order valence-corrected chi connectivity index (χ3v) is 5.68. The van der Waals surface area contributed by atoms with Crippen molar-refractivity contribution in [2.75, 3.05) is 18.5 Å². The van der Waals surface area contributed by atoms with E-state index < -0.39 is 11.7 Å². The third-order valence-electron chi connectivity index (χ3n) is 4.48. The Bertz CT molecular complexity index is 1120. The number of hydrogen-bond acceptors (Lipinski definition) is 8. The molecule has 1 aliphatic rings. The summed E-state index contributed by atoms with van der Waals surface area (Å²) in [5.41, 5.74) is 1.18. The first-order valence-electron chi connectivity index (χ1n) is 8.81. The van der Waals surface area contributed by atoms with Gasteiger partial charge in [0, 0.05) is 12.5 Å². The van der Waals surface area contributed by atoms with E-state index in [-0.39, 0.29) is 13.5 Å². The predicted octanol–water partition coefficient (Wildman–Crippen LogP) is 3.90. The molecule has 0 bridgehead atoms. The molecule has 2 aromatic heterocycles. The molecule has 1 saturated heterocycles. The molecule has 0 unspecified atom stereocenters. The Hall–Kier alpha value is -3.29. The number of anilines is 2. The number of aromatic nitrogens is 2. The second-order valence-electron chi connectivity index (χ2n) is 6.39. The highest BCUT2D eigenvalue weighted by Crippen LogP contribution is 2.36. The van der Waals surface area contributed by atoms with E-state index in [4.69, 9.17) is 14.7 Å². The number of carbonyl (C=O) groups excluding carboxylic acids is 1. The van der Waals surface area contributed by atoms with Crippen molar-refractivity contribution in [2.24, 2.45) is 0 Å². The van der Waals surface area contributed by atoms with Crippen LogP contribution in [0, 0.1) is 24.2 Å². The van der Waals surface area contributed by atoms with Gasteiger partial charge in [0.2, 0.25) is 0 Å². The van der Waals surface area contributed by atoms with E-state index in [1.807, 2.05) is 0 Å². The van der Waals surface area contributed by atoms with E-state index in [1.165, 1.54) is 29.8 Å². The number of benzene rings is 1. The zero-order chi connectivity index (χ0) is 20.4. The summed E-state index contributed by atoms with van der Waals surface area (Å²) in [6.07, 6.45) is 3.59. The molecule has 2 N–H and O–H groups in total. The molecule has 30 heavy (non-hydrogen) atoms. The summed E-state index contributed by atoms with van der Waals surface area (Å²) < 4.78 is 25.0. The van der Waals surface area contributed by atoms with Gasteiger partial charge in [-0.1, -0.05) is 7.43 Å². The van der Waals surface area contributed by atoms with Crippen molar-refractivity contribution in [3.63, 3.8) is 0 Å². The van der Waals surface area contributed by atoms with Crippen LogP contribution in [0.15, 0.2) is 24.5 Å². The molecule has 10 heteroatoms. The Morgan fingerprint density at radius 3 is 3.00 bits per heavy atom. The maximum atomic E-state index is 13.8. The van der Waals surface area contributed by atoms with Crippen molar-refractivity contribution in [1.82, 2.24) is 15.3 Å². The number of fused-ring (bicyclic) bond motifs is 1. The summed E-state index contributed by atoms with van der Waals surface area (Å²) in [7, 11) is 0. The summed E-state index contributed by atoms with van der Waals surface area (Å²) >= 11 is 1.17. The van der Waals surface area contributed by atoms with E-state index in [0.717, 1.165) is 6.42 Å². The van der Waals surface area contributed by atoms with Gasteiger partial charge in [-0.05, 0) is 24.6 Å². The zero-order valence-electron chi connectivity index (χ0n) is 15.4. The normalized spacial score (nSPS) is 15.3. The molecule has 4 rings (SSSR count). The minimum Gasteiger partial charge on any atom is -0.486 e. The highest BCUT2D eigenvalue weighted by Gasteiger charge is 2.22. The SMILES string of the molecule is C.Cc1c(C(=O)NC#N)sc2ncnc(Nc3ccc(F)cc3O[C@@H]3CCOC3)c12. The minimum atomic E-state index is -0.494. The standard InChI is InChI=1S/C19H16FN5O3S.CH4/c1-10-15-17(23-9-24-19(15)29-16(10)18(26)22-8-21)25-13-3-2-11(20)6-14(13)28-12-4-5-27-7-12;/h2-3,6,9,12H,4-5,7H2,1H3,(H,22,26)(H,23,24,25);1H4/t12-;/m1./s1. The maximum Gasteiger partial charge on any atom is 0.274 e. The lowest BCUT2D eigenvalue weighted by molar-refractivity contribution is 0.0976. The van der Waals surface area contributed by atoms with E-state index in [2.05, 4.69) is 20.6 Å². The Labute approximate surface area is 176 Å². The van der Waals surface area contributed by atoms with Crippen LogP contribution >= 0.6 is 11.3 Å². The number of aryl methyl sites for hydroxylation is 1. The molecule has 3 heterocycles. The van der Waals surface area contributed by atoms with E-state index in [1.54, 1.807) is 19.2 Å². The number of ether oxygens (including phenoxy) is 2. The minimum absolute atomic E-state index is 0. The number of nitrogens with one attached hydrogen (secondary N) is 2. The molecule has 0 radical (unpaired) electrons. The second kappa shape index (κ2) is 9.02. The lowest BCUT2D eigenvalue weighted by Gasteiger charge is -2.17. The molecule has 1 atom stereocenters. The molecule has 1 amide bonds. The molecule has 0 aliphatic carbocycles. The van der Waals surface area contributed by atoms with Crippen LogP contribution in [0.25, 0.3) is 10.2 Å². The molecule has 0 spiro atoms. The van der Waals surface area contributed by atoms with Crippen LogP contribution in [0.4, 0.5) is 15.9 Å². The average Bonchev–Trinajstić information content (AvgIpc) is 3.32. The van der Waals surface area contributed by atoms with Crippen LogP contribution < -0.4 is 15.4 Å². The Balaban J connectivity index is 0.00000256. The van der Waals surface area contributed by atoms with E-state index in [9.17, 15) is 9.18 Å². The number of nitrogens with zero attached hydrogens (tertiary/aromatic N) is 3. The Kier molecular flexibility index (Phi) is 6.44. The van der Waals surface area contributed by atoms with Gasteiger partial charge in [0.05, 0.1) is 29.2 Å². The van der Waals surface area contributed by atoms with Crippen molar-refractivity contribution >= 4 is 39.0 Å². The summed E-state index contributed by atoms with van der Waals surface area (Å²) in [5.74, 6) is -0.105. The number of halogens is 1. The highest BCUT2D eigenvalue weighted by molar-refractivity contribution is 7.20. The van der Waals surface area contributed by atoms with Gasteiger partial charge in [0.1, 0.15) is 34.6 Å². The van der Waals surface area contributed by atoms with Gasteiger partial charge in [-0.3, -0.25) is 10.1 Å². The van der Waals surface area contributed by atoms with Crippen LogP contribution in [-0.2, 0) is 4.74 Å². The first-order chi connectivity index (χ1) is 14.1. The molecular weight excluding hydrogens is 409 g/mol. The van der Waals surface area contributed by atoms with Crippen LogP contribution in [0.5, 0.6) is 5.75 Å². The molecule has 0 saturated carbocycles. The van der Waals surface area contributed by atoms with Gasteiger partial charge in [-0.15, -0.1) is 11.3 Å². The van der Waals surface area contributed by atoms with Gasteiger partial charge in [0.25, 0.3) is 5.91 Å². The lowest BCUT2D eigenvalue weighted by Crippen LogP contribution is -2.17. The van der Waals surface area contributed by atoms with Gasteiger partial charge in [-0.25, -0.2) is 14.4 Å². The number of hydrogen-bond donors (Lipinski definition) is 2. The molecule has 8 nitrogen and oxygen atoms in total. The Morgan fingerprint density at radius 2 is 2.27 bits per heavy atom. The molecule has 156 valence electrons. The molecule has 1 aromatic carbocycles. The van der Waals surface area contributed by atoms with Gasteiger partial charge < -0.3 is 14.8 Å². The second-order valence-corrected chi connectivity index (χ2v) is 7.39. The number of rotatable bonds is 5. The molecule has 1 aliphatic heterocycles. The largest absolute Gasteiger partial charge is 0.486 e. The molecular formula is C20H20FN5O3S. The fourth-order valence-corrected chi connectivity index (χ4v) is 4.14. The van der Waals surface area contributed by atoms with Crippen LogP contribution in [0.3, 0.4) is 0 Å². The van der Waals surface area contributed by atoms with Gasteiger partial charge >= 0.3 is 0 Å². The van der Waals surface area contributed by atoms with E-state index >= 15 is 0 Å².